The number of nitrogens with zero attached hydrogens (tertiary/aromatic N) is 5. The van der Waals surface area contributed by atoms with Gasteiger partial charge in [-0.15, -0.1) is 0 Å². The minimum atomic E-state index is -0.762. The van der Waals surface area contributed by atoms with E-state index in [4.69, 9.17) is 9.15 Å². The molecular weight excluding hydrogens is 545 g/mol. The third-order valence-corrected chi connectivity index (χ3v) is 6.76. The Morgan fingerprint density at radius 3 is 2.84 bits per heavy atom. The van der Waals surface area contributed by atoms with Crippen LogP contribution in [0.3, 0.4) is 0 Å². The van der Waals surface area contributed by atoms with Crippen LogP contribution < -0.4 is 4.74 Å². The van der Waals surface area contributed by atoms with Gasteiger partial charge in [-0.2, -0.15) is 5.10 Å². The summed E-state index contributed by atoms with van der Waals surface area (Å²) in [6.45, 7) is 6.34. The van der Waals surface area contributed by atoms with Crippen molar-refractivity contribution >= 4 is 21.7 Å². The molecule has 1 aliphatic rings. The molecule has 37 heavy (non-hydrogen) atoms. The summed E-state index contributed by atoms with van der Waals surface area (Å²) in [6, 6.07) is 5.77. The third-order valence-electron chi connectivity index (χ3n) is 6.32. The van der Waals surface area contributed by atoms with E-state index in [0.29, 0.717) is 45.3 Å². The first-order valence-corrected chi connectivity index (χ1v) is 12.7. The number of oxazole rings is 1. The quantitative estimate of drug-likeness (QED) is 0.167. The minimum absolute atomic E-state index is 0.0326. The van der Waals surface area contributed by atoms with Gasteiger partial charge in [0.05, 0.1) is 15.9 Å². The first kappa shape index (κ1) is 25.1. The molecular formula is C26H25BrFN5O4. The molecule has 1 saturated carbocycles. The Morgan fingerprint density at radius 1 is 1.32 bits per heavy atom. The maximum Gasteiger partial charge on any atom is 0.406 e. The van der Waals surface area contributed by atoms with Crippen molar-refractivity contribution in [3.8, 4) is 17.1 Å². The molecule has 1 unspecified atom stereocenters. The molecule has 0 aliphatic heterocycles. The molecule has 192 valence electrons. The molecule has 5 rings (SSSR count). The van der Waals surface area contributed by atoms with E-state index in [0.717, 1.165) is 17.8 Å². The summed E-state index contributed by atoms with van der Waals surface area (Å²) >= 11 is 3.27. The fraction of sp³-hybridized carbons (Fsp3) is 0.346. The van der Waals surface area contributed by atoms with E-state index >= 15 is 0 Å². The lowest BCUT2D eigenvalue weighted by Crippen LogP contribution is -2.08. The zero-order chi connectivity index (χ0) is 26.3. The topological polar surface area (TPSA) is 109 Å². The molecule has 0 amide bonds. The molecule has 0 saturated heterocycles. The normalized spacial score (nSPS) is 14.1. The molecule has 0 radical (unpaired) electrons. The van der Waals surface area contributed by atoms with Gasteiger partial charge in [0.15, 0.2) is 17.8 Å². The maximum absolute atomic E-state index is 14.4. The number of halogens is 2. The van der Waals surface area contributed by atoms with E-state index in [-0.39, 0.29) is 5.75 Å². The molecule has 4 aromatic rings. The van der Waals surface area contributed by atoms with Gasteiger partial charge in [0.2, 0.25) is 5.75 Å². The molecule has 3 aromatic heterocycles. The van der Waals surface area contributed by atoms with Crippen LogP contribution in [0.2, 0.25) is 0 Å². The Balaban J connectivity index is 1.49. The average molecular weight is 570 g/mol. The monoisotopic (exact) mass is 569 g/mol. The summed E-state index contributed by atoms with van der Waals surface area (Å²) in [7, 11) is 0. The van der Waals surface area contributed by atoms with E-state index in [2.05, 4.69) is 37.2 Å². The van der Waals surface area contributed by atoms with Crippen LogP contribution in [0.25, 0.3) is 11.3 Å². The molecule has 0 spiro atoms. The Bertz CT molecular complexity index is 1480. The average Bonchev–Trinajstić information content (AvgIpc) is 3.48. The molecule has 9 nitrogen and oxygen atoms in total. The van der Waals surface area contributed by atoms with Crippen LogP contribution in [-0.4, -0.2) is 24.7 Å². The smallest absolute Gasteiger partial charge is 0.406 e. The zero-order valence-electron chi connectivity index (χ0n) is 20.6. The van der Waals surface area contributed by atoms with Crippen molar-refractivity contribution in [3.63, 3.8) is 0 Å². The van der Waals surface area contributed by atoms with E-state index in [9.17, 15) is 14.5 Å². The van der Waals surface area contributed by atoms with Crippen LogP contribution in [0.15, 0.2) is 45.5 Å². The van der Waals surface area contributed by atoms with E-state index in [1.807, 2.05) is 11.6 Å². The van der Waals surface area contributed by atoms with Crippen molar-refractivity contribution in [3.05, 3.63) is 85.5 Å². The van der Waals surface area contributed by atoms with Gasteiger partial charge in [-0.3, -0.25) is 4.68 Å². The van der Waals surface area contributed by atoms with Crippen LogP contribution in [0.1, 0.15) is 54.3 Å². The van der Waals surface area contributed by atoms with Crippen molar-refractivity contribution in [2.75, 3.05) is 0 Å². The van der Waals surface area contributed by atoms with Gasteiger partial charge in [-0.25, -0.2) is 9.37 Å². The molecule has 11 heteroatoms. The van der Waals surface area contributed by atoms with Crippen LogP contribution in [0, 0.1) is 35.7 Å². The number of rotatable bonds is 9. The zero-order valence-corrected chi connectivity index (χ0v) is 22.2. The third kappa shape index (κ3) is 5.56. The first-order chi connectivity index (χ1) is 17.7. The molecule has 3 heterocycles. The number of pyridine rings is 1. The lowest BCUT2D eigenvalue weighted by molar-refractivity contribution is -0.390. The summed E-state index contributed by atoms with van der Waals surface area (Å²) in [6.07, 6.45) is 5.60. The van der Waals surface area contributed by atoms with Gasteiger partial charge in [-0.1, -0.05) is 0 Å². The highest BCUT2D eigenvalue weighted by atomic mass is 79.9. The van der Waals surface area contributed by atoms with Crippen LogP contribution in [0.5, 0.6) is 5.75 Å². The molecule has 1 aromatic carbocycles. The van der Waals surface area contributed by atoms with Crippen LogP contribution in [-0.2, 0) is 13.0 Å². The van der Waals surface area contributed by atoms with E-state index < -0.39 is 22.7 Å². The molecule has 1 fully saturated rings. The van der Waals surface area contributed by atoms with Crippen molar-refractivity contribution < 1.29 is 18.5 Å². The summed E-state index contributed by atoms with van der Waals surface area (Å²) in [5.74, 6) is 0.753. The van der Waals surface area contributed by atoms with Crippen LogP contribution in [0.4, 0.5) is 10.2 Å². The van der Waals surface area contributed by atoms with Gasteiger partial charge in [-0.05, 0) is 82.2 Å². The van der Waals surface area contributed by atoms with Gasteiger partial charge >= 0.3 is 5.82 Å². The van der Waals surface area contributed by atoms with Gasteiger partial charge in [0.1, 0.15) is 11.9 Å². The second kappa shape index (κ2) is 10.0. The highest BCUT2D eigenvalue weighted by Crippen LogP contribution is 2.37. The SMILES string of the molecule is Cc1nc(Cc2cn(CC3CC3)nc2C)c(-c2ccc(F)cc2C(C)Oc2cc(Br)cnc2[N+](=O)[O-])o1. The second-order valence-electron chi connectivity index (χ2n) is 9.31. The Hall–Kier alpha value is -3.60. The fourth-order valence-electron chi connectivity index (χ4n) is 4.34. The lowest BCUT2D eigenvalue weighted by Gasteiger charge is -2.18. The molecule has 1 atom stereocenters. The Kier molecular flexibility index (Phi) is 6.80. The van der Waals surface area contributed by atoms with E-state index in [1.54, 1.807) is 19.9 Å². The number of aryl methyl sites for hydroxylation is 2. The number of nitro groups is 1. The summed E-state index contributed by atoms with van der Waals surface area (Å²) in [5, 5.41) is 16.1. The molecule has 0 N–H and O–H groups in total. The largest absolute Gasteiger partial charge is 0.478 e. The Morgan fingerprint density at radius 2 is 2.11 bits per heavy atom. The highest BCUT2D eigenvalue weighted by Gasteiger charge is 2.26. The van der Waals surface area contributed by atoms with Crippen molar-refractivity contribution in [1.82, 2.24) is 19.7 Å². The van der Waals surface area contributed by atoms with Crippen molar-refractivity contribution in [1.29, 1.82) is 0 Å². The Labute approximate surface area is 221 Å². The number of ether oxygens (including phenoxy) is 1. The molecule has 0 bridgehead atoms. The lowest BCUT2D eigenvalue weighted by atomic mass is 9.98. The second-order valence-corrected chi connectivity index (χ2v) is 10.2. The summed E-state index contributed by atoms with van der Waals surface area (Å²) in [4.78, 5) is 19.3. The van der Waals surface area contributed by atoms with E-state index in [1.165, 1.54) is 37.2 Å². The fourth-order valence-corrected chi connectivity index (χ4v) is 4.65. The predicted octanol–water partition coefficient (Wildman–Crippen LogP) is 6.50. The van der Waals surface area contributed by atoms with Gasteiger partial charge in [0, 0.05) is 43.3 Å². The molecule has 1 aliphatic carbocycles. The number of hydrogen-bond donors (Lipinski definition) is 0. The van der Waals surface area contributed by atoms with Gasteiger partial charge in [0.25, 0.3) is 0 Å². The maximum atomic E-state index is 14.4. The number of aromatic nitrogens is 4. The summed E-state index contributed by atoms with van der Waals surface area (Å²) < 4.78 is 28.9. The highest BCUT2D eigenvalue weighted by molar-refractivity contribution is 9.10. The number of hydrogen-bond acceptors (Lipinski definition) is 7. The standard InChI is InChI=1S/C26H25BrFN5O4/c1-14-18(13-32(31-14)12-17-4-5-17)8-23-25(37-16(3)30-23)21-7-6-20(28)10-22(21)15(2)36-24-9-19(27)11-29-26(24)33(34)35/h6-7,9-11,13,15,17H,4-5,8,12H2,1-3H3. The van der Waals surface area contributed by atoms with Gasteiger partial charge < -0.3 is 19.3 Å². The number of benzene rings is 1. The minimum Gasteiger partial charge on any atom is -0.478 e. The predicted molar refractivity (Wildman–Crippen MR) is 137 cm³/mol. The van der Waals surface area contributed by atoms with Crippen molar-refractivity contribution in [2.45, 2.75) is 52.7 Å². The summed E-state index contributed by atoms with van der Waals surface area (Å²) in [5.41, 5.74) is 3.73. The van der Waals surface area contributed by atoms with Crippen molar-refractivity contribution in [2.24, 2.45) is 5.92 Å². The first-order valence-electron chi connectivity index (χ1n) is 11.9. The van der Waals surface area contributed by atoms with Crippen LogP contribution >= 0.6 is 15.9 Å².